The summed E-state index contributed by atoms with van der Waals surface area (Å²) in [5.41, 5.74) is 3.24. The summed E-state index contributed by atoms with van der Waals surface area (Å²) >= 11 is 0. The highest BCUT2D eigenvalue weighted by atomic mass is 19.1. The van der Waals surface area contributed by atoms with Gasteiger partial charge in [-0.3, -0.25) is 4.79 Å². The van der Waals surface area contributed by atoms with Crippen LogP contribution in [-0.4, -0.2) is 29.0 Å². The second-order valence-electron chi connectivity index (χ2n) is 7.31. The number of anilines is 1. The van der Waals surface area contributed by atoms with Crippen LogP contribution in [0.1, 0.15) is 35.3 Å². The number of hydrogen-bond donors (Lipinski definition) is 1. The largest absolute Gasteiger partial charge is 0.356 e. The van der Waals surface area contributed by atoms with Crippen molar-refractivity contribution in [1.82, 2.24) is 15.3 Å². The van der Waals surface area contributed by atoms with Crippen molar-refractivity contribution in [1.29, 1.82) is 0 Å². The van der Waals surface area contributed by atoms with Crippen LogP contribution in [0.3, 0.4) is 0 Å². The van der Waals surface area contributed by atoms with Gasteiger partial charge in [0.05, 0.1) is 0 Å². The molecule has 0 saturated carbocycles. The fourth-order valence-corrected chi connectivity index (χ4v) is 2.85. The van der Waals surface area contributed by atoms with E-state index in [1.54, 1.807) is 18.3 Å². The van der Waals surface area contributed by atoms with Crippen molar-refractivity contribution < 1.29 is 9.18 Å². The van der Waals surface area contributed by atoms with Gasteiger partial charge in [-0.15, -0.1) is 0 Å². The molecule has 0 aliphatic carbocycles. The van der Waals surface area contributed by atoms with Crippen molar-refractivity contribution in [2.24, 2.45) is 0 Å². The van der Waals surface area contributed by atoms with Gasteiger partial charge in [-0.2, -0.15) is 0 Å². The molecule has 29 heavy (non-hydrogen) atoms. The van der Waals surface area contributed by atoms with Gasteiger partial charge in [0, 0.05) is 31.4 Å². The van der Waals surface area contributed by atoms with E-state index in [1.165, 1.54) is 12.1 Å². The van der Waals surface area contributed by atoms with E-state index >= 15 is 0 Å². The molecule has 3 aromatic rings. The van der Waals surface area contributed by atoms with E-state index in [1.807, 2.05) is 57.0 Å². The van der Waals surface area contributed by atoms with Crippen molar-refractivity contribution in [2.45, 2.75) is 33.4 Å². The quantitative estimate of drug-likeness (QED) is 0.677. The van der Waals surface area contributed by atoms with Crippen LogP contribution in [0.5, 0.6) is 0 Å². The smallest absolute Gasteiger partial charge is 0.256 e. The van der Waals surface area contributed by atoms with Crippen molar-refractivity contribution in [3.05, 3.63) is 77.2 Å². The molecule has 1 N–H and O–H groups in total. The second kappa shape index (κ2) is 8.82. The molecule has 0 spiro atoms. The molecule has 0 aliphatic heterocycles. The topological polar surface area (TPSA) is 58.1 Å². The fourth-order valence-electron chi connectivity index (χ4n) is 2.85. The Bertz CT molecular complexity index is 1000. The average molecular weight is 392 g/mol. The van der Waals surface area contributed by atoms with E-state index in [-0.39, 0.29) is 17.8 Å². The molecule has 6 heteroatoms. The first kappa shape index (κ1) is 20.5. The predicted molar refractivity (Wildman–Crippen MR) is 113 cm³/mol. The lowest BCUT2D eigenvalue weighted by atomic mass is 10.1. The Balaban J connectivity index is 1.90. The van der Waals surface area contributed by atoms with Crippen molar-refractivity contribution in [2.75, 3.05) is 11.9 Å². The van der Waals surface area contributed by atoms with E-state index in [9.17, 15) is 9.18 Å². The minimum atomic E-state index is -0.305. The highest BCUT2D eigenvalue weighted by Crippen LogP contribution is 2.23. The molecule has 2 aromatic carbocycles. The molecule has 150 valence electrons. The minimum absolute atomic E-state index is 0.152. The monoisotopic (exact) mass is 392 g/mol. The van der Waals surface area contributed by atoms with E-state index in [4.69, 9.17) is 4.98 Å². The Morgan fingerprint density at radius 3 is 2.55 bits per heavy atom. The van der Waals surface area contributed by atoms with Gasteiger partial charge in [0.2, 0.25) is 0 Å². The Morgan fingerprint density at radius 1 is 1.17 bits per heavy atom. The number of carbonyl (C=O) groups excluding carboxylic acids is 1. The summed E-state index contributed by atoms with van der Waals surface area (Å²) in [6.45, 7) is 6.38. The molecule has 0 fully saturated rings. The zero-order valence-electron chi connectivity index (χ0n) is 17.1. The van der Waals surface area contributed by atoms with Gasteiger partial charge < -0.3 is 10.2 Å². The predicted octanol–water partition coefficient (Wildman–Crippen LogP) is 4.37. The maximum absolute atomic E-state index is 13.1. The summed E-state index contributed by atoms with van der Waals surface area (Å²) in [5.74, 6) is 0.572. The summed E-state index contributed by atoms with van der Waals surface area (Å²) in [7, 11) is 1.91. The number of aryl methyl sites for hydroxylation is 1. The van der Waals surface area contributed by atoms with Crippen LogP contribution in [0.25, 0.3) is 11.4 Å². The molecule has 1 amide bonds. The molecule has 1 heterocycles. The molecule has 0 radical (unpaired) electrons. The molecule has 0 saturated heterocycles. The molecular weight excluding hydrogens is 367 g/mol. The van der Waals surface area contributed by atoms with E-state index in [0.717, 1.165) is 16.7 Å². The van der Waals surface area contributed by atoms with Crippen LogP contribution >= 0.6 is 0 Å². The lowest BCUT2D eigenvalue weighted by molar-refractivity contribution is 0.0950. The Kier molecular flexibility index (Phi) is 6.22. The summed E-state index contributed by atoms with van der Waals surface area (Å²) in [5, 5.41) is 2.87. The first-order chi connectivity index (χ1) is 13.8. The number of hydrogen-bond acceptors (Lipinski definition) is 4. The van der Waals surface area contributed by atoms with E-state index < -0.39 is 0 Å². The third kappa shape index (κ3) is 4.96. The van der Waals surface area contributed by atoms with Crippen LogP contribution in [0.15, 0.2) is 54.7 Å². The van der Waals surface area contributed by atoms with Gasteiger partial charge in [-0.1, -0.05) is 35.9 Å². The lowest BCUT2D eigenvalue weighted by Gasteiger charge is -2.25. The number of halogens is 1. The van der Waals surface area contributed by atoms with Crippen molar-refractivity contribution >= 4 is 11.7 Å². The molecular formula is C23H25FN4O. The Labute approximate surface area is 170 Å². The number of benzene rings is 2. The molecule has 1 aromatic heterocycles. The van der Waals surface area contributed by atoms with Crippen LogP contribution in [0.2, 0.25) is 0 Å². The minimum Gasteiger partial charge on any atom is -0.356 e. The molecule has 0 unspecified atom stereocenters. The van der Waals surface area contributed by atoms with Gasteiger partial charge in [0.15, 0.2) is 5.82 Å². The first-order valence-corrected chi connectivity index (χ1v) is 9.54. The average Bonchev–Trinajstić information content (AvgIpc) is 2.72. The normalized spacial score (nSPS) is 10.8. The van der Waals surface area contributed by atoms with Gasteiger partial charge >= 0.3 is 0 Å². The van der Waals surface area contributed by atoms with Crippen molar-refractivity contribution in [3.8, 4) is 11.4 Å². The van der Waals surface area contributed by atoms with Gasteiger partial charge in [-0.25, -0.2) is 14.4 Å². The zero-order chi connectivity index (χ0) is 21.0. The summed E-state index contributed by atoms with van der Waals surface area (Å²) in [6, 6.07) is 14.1. The van der Waals surface area contributed by atoms with Crippen LogP contribution in [-0.2, 0) is 6.54 Å². The van der Waals surface area contributed by atoms with Crippen LogP contribution in [0, 0.1) is 12.7 Å². The van der Waals surface area contributed by atoms with Gasteiger partial charge in [0.25, 0.3) is 5.91 Å². The maximum Gasteiger partial charge on any atom is 0.256 e. The molecule has 0 atom stereocenters. The highest BCUT2D eigenvalue weighted by Gasteiger charge is 2.20. The summed E-state index contributed by atoms with van der Waals surface area (Å²) in [6.07, 6.45) is 1.57. The fraction of sp³-hybridized carbons (Fsp3) is 0.261. The third-order valence-corrected chi connectivity index (χ3v) is 4.76. The van der Waals surface area contributed by atoms with Gasteiger partial charge in [0.1, 0.15) is 17.2 Å². The van der Waals surface area contributed by atoms with E-state index in [2.05, 4.69) is 10.3 Å². The number of aromatic nitrogens is 2. The second-order valence-corrected chi connectivity index (χ2v) is 7.31. The third-order valence-electron chi connectivity index (χ3n) is 4.76. The number of nitrogens with zero attached hydrogens (tertiary/aromatic N) is 3. The SMILES string of the molecule is Cc1cccc(-c2ncc(C(=O)NCc3ccc(F)cc3)c(N(C)C(C)C)n2)c1. The lowest BCUT2D eigenvalue weighted by Crippen LogP contribution is -2.31. The van der Waals surface area contributed by atoms with E-state index in [0.29, 0.717) is 23.8 Å². The summed E-state index contributed by atoms with van der Waals surface area (Å²) in [4.78, 5) is 23.9. The van der Waals surface area contributed by atoms with Crippen LogP contribution < -0.4 is 10.2 Å². The first-order valence-electron chi connectivity index (χ1n) is 9.54. The molecule has 5 nitrogen and oxygen atoms in total. The molecule has 3 rings (SSSR count). The Morgan fingerprint density at radius 2 is 1.90 bits per heavy atom. The molecule has 0 aliphatic rings. The number of carbonyl (C=O) groups is 1. The van der Waals surface area contributed by atoms with Crippen LogP contribution in [0.4, 0.5) is 10.2 Å². The maximum atomic E-state index is 13.1. The highest BCUT2D eigenvalue weighted by molar-refractivity contribution is 5.98. The number of nitrogens with one attached hydrogen (secondary N) is 1. The number of amides is 1. The van der Waals surface area contributed by atoms with Crippen molar-refractivity contribution in [3.63, 3.8) is 0 Å². The standard InChI is InChI=1S/C23H25FN4O/c1-15(2)28(4)22-20(23(29)26-13-17-8-10-19(24)11-9-17)14-25-21(27-22)18-7-5-6-16(3)12-18/h5-12,14-15H,13H2,1-4H3,(H,26,29). The Hall–Kier alpha value is -3.28. The molecule has 0 bridgehead atoms. The van der Waals surface area contributed by atoms with Gasteiger partial charge in [-0.05, 0) is 44.5 Å². The number of rotatable bonds is 6. The zero-order valence-corrected chi connectivity index (χ0v) is 17.1. The summed E-state index contributed by atoms with van der Waals surface area (Å²) < 4.78 is 13.1.